The van der Waals surface area contributed by atoms with Gasteiger partial charge in [0.2, 0.25) is 5.91 Å². The number of ether oxygens (including phenoxy) is 1. The summed E-state index contributed by atoms with van der Waals surface area (Å²) in [5.41, 5.74) is 1.50. The number of carbonyl (C=O) groups is 1. The number of halogens is 1. The van der Waals surface area contributed by atoms with E-state index in [9.17, 15) is 9.59 Å². The predicted octanol–water partition coefficient (Wildman–Crippen LogP) is 4.06. The van der Waals surface area contributed by atoms with Crippen molar-refractivity contribution in [2.75, 3.05) is 19.5 Å². The Morgan fingerprint density at radius 3 is 2.70 bits per heavy atom. The molecule has 1 unspecified atom stereocenters. The second-order valence-corrected chi connectivity index (χ2v) is 8.22. The molecule has 0 aliphatic rings. The molecule has 1 heterocycles. The fourth-order valence-electron chi connectivity index (χ4n) is 3.07. The van der Waals surface area contributed by atoms with Crippen LogP contribution in [0.25, 0.3) is 10.9 Å². The van der Waals surface area contributed by atoms with Crippen LogP contribution in [-0.4, -0.2) is 34.9 Å². The Balaban J connectivity index is 1.73. The minimum atomic E-state index is -0.149. The third-order valence-corrected chi connectivity index (χ3v) is 5.87. The molecule has 8 heteroatoms. The quantitative estimate of drug-likeness (QED) is 0.305. The molecule has 1 atom stereocenters. The van der Waals surface area contributed by atoms with E-state index < -0.39 is 0 Å². The van der Waals surface area contributed by atoms with Crippen molar-refractivity contribution in [3.63, 3.8) is 0 Å². The Kier molecular flexibility index (Phi) is 7.90. The number of methoxy groups -OCH3 is 1. The van der Waals surface area contributed by atoms with Crippen molar-refractivity contribution in [3.05, 3.63) is 69.5 Å². The average molecular weight is 446 g/mol. The number of para-hydroxylation sites is 1. The summed E-state index contributed by atoms with van der Waals surface area (Å²) in [6.45, 7) is 2.94. The van der Waals surface area contributed by atoms with Crippen LogP contribution in [-0.2, 0) is 16.1 Å². The lowest BCUT2D eigenvalue weighted by Crippen LogP contribution is -2.29. The number of carbonyl (C=O) groups excluding carboxylic acids is 1. The van der Waals surface area contributed by atoms with Gasteiger partial charge in [0.1, 0.15) is 0 Å². The molecule has 1 amide bonds. The SMILES string of the molecule is COCCCn1c(SCC(=O)NC(C)c2ccc(Cl)cc2)nc2ccccc2c1=O. The topological polar surface area (TPSA) is 73.2 Å². The van der Waals surface area contributed by atoms with Gasteiger partial charge in [0.15, 0.2) is 5.16 Å². The first-order valence-electron chi connectivity index (χ1n) is 9.65. The number of rotatable bonds is 9. The van der Waals surface area contributed by atoms with Crippen LogP contribution >= 0.6 is 23.4 Å². The van der Waals surface area contributed by atoms with Crippen LogP contribution < -0.4 is 10.9 Å². The first-order chi connectivity index (χ1) is 14.5. The number of fused-ring (bicyclic) bond motifs is 1. The maximum absolute atomic E-state index is 12.9. The molecule has 0 fully saturated rings. The molecule has 3 rings (SSSR count). The zero-order valence-corrected chi connectivity index (χ0v) is 18.5. The lowest BCUT2D eigenvalue weighted by atomic mass is 10.1. The second-order valence-electron chi connectivity index (χ2n) is 6.84. The number of benzene rings is 2. The maximum atomic E-state index is 12.9. The van der Waals surface area contributed by atoms with Crippen molar-refractivity contribution in [3.8, 4) is 0 Å². The monoisotopic (exact) mass is 445 g/mol. The molecule has 6 nitrogen and oxygen atoms in total. The first kappa shape index (κ1) is 22.3. The molecular weight excluding hydrogens is 422 g/mol. The molecule has 1 N–H and O–H groups in total. The third-order valence-electron chi connectivity index (χ3n) is 4.64. The van der Waals surface area contributed by atoms with Crippen molar-refractivity contribution in [2.45, 2.75) is 31.1 Å². The smallest absolute Gasteiger partial charge is 0.262 e. The predicted molar refractivity (Wildman–Crippen MR) is 121 cm³/mol. The van der Waals surface area contributed by atoms with E-state index >= 15 is 0 Å². The molecule has 0 aliphatic carbocycles. The van der Waals surface area contributed by atoms with E-state index in [1.807, 2.05) is 37.3 Å². The van der Waals surface area contributed by atoms with Crippen LogP contribution in [0, 0.1) is 0 Å². The van der Waals surface area contributed by atoms with E-state index in [-0.39, 0.29) is 23.3 Å². The van der Waals surface area contributed by atoms with Crippen LogP contribution in [0.4, 0.5) is 0 Å². The van der Waals surface area contributed by atoms with Gasteiger partial charge in [-0.15, -0.1) is 0 Å². The number of nitrogens with one attached hydrogen (secondary N) is 1. The van der Waals surface area contributed by atoms with E-state index in [0.717, 1.165) is 5.56 Å². The van der Waals surface area contributed by atoms with Gasteiger partial charge in [0, 0.05) is 25.3 Å². The van der Waals surface area contributed by atoms with E-state index in [4.69, 9.17) is 16.3 Å². The summed E-state index contributed by atoms with van der Waals surface area (Å²) in [6, 6.07) is 14.5. The highest BCUT2D eigenvalue weighted by Crippen LogP contribution is 2.20. The van der Waals surface area contributed by atoms with Crippen molar-refractivity contribution in [1.82, 2.24) is 14.9 Å². The van der Waals surface area contributed by atoms with E-state index in [1.54, 1.807) is 29.9 Å². The van der Waals surface area contributed by atoms with Crippen LogP contribution in [0.3, 0.4) is 0 Å². The largest absolute Gasteiger partial charge is 0.385 e. The molecule has 3 aromatic rings. The van der Waals surface area contributed by atoms with E-state index in [0.29, 0.717) is 40.7 Å². The maximum Gasteiger partial charge on any atom is 0.262 e. The molecule has 0 spiro atoms. The van der Waals surface area contributed by atoms with Crippen LogP contribution in [0.15, 0.2) is 58.5 Å². The summed E-state index contributed by atoms with van der Waals surface area (Å²) in [5.74, 6) is 0.0285. The summed E-state index contributed by atoms with van der Waals surface area (Å²) in [4.78, 5) is 30.1. The fourth-order valence-corrected chi connectivity index (χ4v) is 4.03. The molecular formula is C22H24ClN3O3S. The Hall–Kier alpha value is -2.35. The van der Waals surface area contributed by atoms with Gasteiger partial charge in [0.25, 0.3) is 5.56 Å². The van der Waals surface area contributed by atoms with Crippen LogP contribution in [0.5, 0.6) is 0 Å². The minimum absolute atomic E-state index is 0.103. The Labute approximate surface area is 184 Å². The summed E-state index contributed by atoms with van der Waals surface area (Å²) in [6.07, 6.45) is 0.684. The molecule has 0 radical (unpaired) electrons. The lowest BCUT2D eigenvalue weighted by molar-refractivity contribution is -0.119. The van der Waals surface area contributed by atoms with Crippen molar-refractivity contribution < 1.29 is 9.53 Å². The van der Waals surface area contributed by atoms with E-state index in [2.05, 4.69) is 10.3 Å². The highest BCUT2D eigenvalue weighted by molar-refractivity contribution is 7.99. The summed E-state index contributed by atoms with van der Waals surface area (Å²) >= 11 is 7.18. The number of thioether (sulfide) groups is 1. The van der Waals surface area contributed by atoms with Crippen molar-refractivity contribution >= 4 is 40.2 Å². The highest BCUT2D eigenvalue weighted by atomic mass is 35.5. The highest BCUT2D eigenvalue weighted by Gasteiger charge is 2.15. The molecule has 2 aromatic carbocycles. The van der Waals surface area contributed by atoms with Crippen LogP contribution in [0.1, 0.15) is 24.9 Å². The second kappa shape index (κ2) is 10.6. The van der Waals surface area contributed by atoms with Crippen molar-refractivity contribution in [2.24, 2.45) is 0 Å². The van der Waals surface area contributed by atoms with Crippen molar-refractivity contribution in [1.29, 1.82) is 0 Å². The molecule has 0 aliphatic heterocycles. The normalized spacial score (nSPS) is 12.1. The van der Waals surface area contributed by atoms with Crippen LogP contribution in [0.2, 0.25) is 5.02 Å². The zero-order chi connectivity index (χ0) is 21.5. The average Bonchev–Trinajstić information content (AvgIpc) is 2.74. The van der Waals surface area contributed by atoms with Gasteiger partial charge in [-0.05, 0) is 43.2 Å². The first-order valence-corrected chi connectivity index (χ1v) is 11.0. The van der Waals surface area contributed by atoms with E-state index in [1.165, 1.54) is 11.8 Å². The number of amides is 1. The Bertz CT molecular complexity index is 1070. The van der Waals surface area contributed by atoms with Gasteiger partial charge in [0.05, 0.1) is 22.7 Å². The molecule has 158 valence electrons. The molecule has 1 aromatic heterocycles. The molecule has 30 heavy (non-hydrogen) atoms. The van der Waals surface area contributed by atoms with Gasteiger partial charge >= 0.3 is 0 Å². The number of hydrogen-bond acceptors (Lipinski definition) is 5. The summed E-state index contributed by atoms with van der Waals surface area (Å²) < 4.78 is 6.73. The zero-order valence-electron chi connectivity index (χ0n) is 16.9. The Morgan fingerprint density at radius 2 is 1.97 bits per heavy atom. The molecule has 0 saturated heterocycles. The van der Waals surface area contributed by atoms with Gasteiger partial charge in [-0.1, -0.05) is 47.6 Å². The minimum Gasteiger partial charge on any atom is -0.385 e. The standard InChI is InChI=1S/C22H24ClN3O3S/c1-15(16-8-10-17(23)11-9-16)24-20(27)14-30-22-25-19-7-4-3-6-18(19)21(28)26(22)12-5-13-29-2/h3-4,6-11,15H,5,12-14H2,1-2H3,(H,24,27). The molecule has 0 bridgehead atoms. The lowest BCUT2D eigenvalue weighted by Gasteiger charge is -2.15. The van der Waals surface area contributed by atoms with Gasteiger partial charge < -0.3 is 10.1 Å². The van der Waals surface area contributed by atoms with Gasteiger partial charge in [-0.2, -0.15) is 0 Å². The Morgan fingerprint density at radius 1 is 1.23 bits per heavy atom. The van der Waals surface area contributed by atoms with Gasteiger partial charge in [-0.3, -0.25) is 14.2 Å². The van der Waals surface area contributed by atoms with Gasteiger partial charge in [-0.25, -0.2) is 4.98 Å². The summed E-state index contributed by atoms with van der Waals surface area (Å²) in [5, 5.41) is 4.73. The number of nitrogens with zero attached hydrogens (tertiary/aromatic N) is 2. The number of hydrogen-bond donors (Lipinski definition) is 1. The molecule has 0 saturated carbocycles. The third kappa shape index (κ3) is 5.62. The summed E-state index contributed by atoms with van der Waals surface area (Å²) in [7, 11) is 1.63. The fraction of sp³-hybridized carbons (Fsp3) is 0.318. The number of aromatic nitrogens is 2.